The molecule has 0 unspecified atom stereocenters. The van der Waals surface area contributed by atoms with E-state index in [-0.39, 0.29) is 11.3 Å². The lowest BCUT2D eigenvalue weighted by Crippen LogP contribution is -2.43. The third kappa shape index (κ3) is 6.12. The van der Waals surface area contributed by atoms with Gasteiger partial charge in [-0.15, -0.1) is 0 Å². The van der Waals surface area contributed by atoms with E-state index in [1.807, 2.05) is 0 Å². The van der Waals surface area contributed by atoms with Gasteiger partial charge in [0.25, 0.3) is 17.5 Å². The van der Waals surface area contributed by atoms with Crippen LogP contribution in [0.15, 0.2) is 53.7 Å². The number of amides is 2. The van der Waals surface area contributed by atoms with Gasteiger partial charge >= 0.3 is 0 Å². The van der Waals surface area contributed by atoms with Gasteiger partial charge in [0.1, 0.15) is 5.75 Å². The van der Waals surface area contributed by atoms with Gasteiger partial charge in [0, 0.05) is 17.7 Å². The maximum atomic E-state index is 11.8. The Morgan fingerprint density at radius 3 is 2.37 bits per heavy atom. The molecule has 0 spiro atoms. The molecule has 27 heavy (non-hydrogen) atoms. The number of non-ortho nitro benzene ring substituents is 1. The van der Waals surface area contributed by atoms with Crippen LogP contribution in [0.4, 0.5) is 5.69 Å². The smallest absolute Gasteiger partial charge is 0.279 e. The molecule has 0 heterocycles. The van der Waals surface area contributed by atoms with Crippen molar-refractivity contribution < 1.29 is 24.1 Å². The summed E-state index contributed by atoms with van der Waals surface area (Å²) in [5, 5.41) is 14.2. The SMILES string of the molecule is COc1ccc(/C=N\OCC(=O)NNC(=O)c2ccc([N+](=O)[O-])cc2)cc1. The predicted octanol–water partition coefficient (Wildman–Crippen LogP) is 1.42. The Kier molecular flexibility index (Phi) is 6.83. The van der Waals surface area contributed by atoms with Crippen LogP contribution < -0.4 is 15.6 Å². The molecule has 0 saturated heterocycles. The van der Waals surface area contributed by atoms with E-state index in [1.54, 1.807) is 31.4 Å². The molecule has 0 aliphatic carbocycles. The van der Waals surface area contributed by atoms with Gasteiger partial charge in [-0.05, 0) is 42.0 Å². The lowest BCUT2D eigenvalue weighted by atomic mass is 10.2. The fourth-order valence-corrected chi connectivity index (χ4v) is 1.85. The topological polar surface area (TPSA) is 132 Å². The minimum Gasteiger partial charge on any atom is -0.497 e. The normalized spacial score (nSPS) is 10.3. The van der Waals surface area contributed by atoms with Crippen LogP contribution in [0, 0.1) is 10.1 Å². The van der Waals surface area contributed by atoms with Crippen molar-refractivity contribution in [3.05, 3.63) is 69.8 Å². The van der Waals surface area contributed by atoms with Gasteiger partial charge in [0.05, 0.1) is 18.2 Å². The highest BCUT2D eigenvalue weighted by molar-refractivity contribution is 5.95. The zero-order valence-corrected chi connectivity index (χ0v) is 14.2. The molecule has 2 aromatic rings. The van der Waals surface area contributed by atoms with Gasteiger partial charge in [0.15, 0.2) is 6.61 Å². The second-order valence-electron chi connectivity index (χ2n) is 5.09. The molecule has 2 rings (SSSR count). The van der Waals surface area contributed by atoms with E-state index in [4.69, 9.17) is 9.57 Å². The molecule has 10 heteroatoms. The molecule has 2 N–H and O–H groups in total. The number of carbonyl (C=O) groups is 2. The molecule has 0 aliphatic heterocycles. The highest BCUT2D eigenvalue weighted by Crippen LogP contribution is 2.11. The molecule has 0 radical (unpaired) electrons. The van der Waals surface area contributed by atoms with Crippen LogP contribution in [0.3, 0.4) is 0 Å². The number of nitrogens with one attached hydrogen (secondary N) is 2. The van der Waals surface area contributed by atoms with E-state index in [1.165, 1.54) is 30.5 Å². The number of oxime groups is 1. The number of rotatable bonds is 7. The third-order valence-corrected chi connectivity index (χ3v) is 3.24. The molecule has 0 bridgehead atoms. The molecule has 0 aromatic heterocycles. The van der Waals surface area contributed by atoms with E-state index in [9.17, 15) is 19.7 Å². The minimum atomic E-state index is -0.628. The van der Waals surface area contributed by atoms with Crippen LogP contribution in [-0.4, -0.2) is 36.7 Å². The first-order valence-electron chi connectivity index (χ1n) is 7.62. The summed E-state index contributed by atoms with van der Waals surface area (Å²) in [6.07, 6.45) is 1.42. The van der Waals surface area contributed by atoms with Crippen LogP contribution in [0.2, 0.25) is 0 Å². The van der Waals surface area contributed by atoms with Crippen molar-refractivity contribution in [1.29, 1.82) is 0 Å². The van der Waals surface area contributed by atoms with Gasteiger partial charge in [-0.25, -0.2) is 0 Å². The number of benzene rings is 2. The summed E-state index contributed by atoms with van der Waals surface area (Å²) in [5.41, 5.74) is 5.07. The quantitative estimate of drug-likeness (QED) is 0.429. The average Bonchev–Trinajstić information content (AvgIpc) is 2.70. The van der Waals surface area contributed by atoms with Crippen molar-refractivity contribution in [2.24, 2.45) is 5.16 Å². The fraction of sp³-hybridized carbons (Fsp3) is 0.118. The van der Waals surface area contributed by atoms with Crippen molar-refractivity contribution in [1.82, 2.24) is 10.9 Å². The number of nitrogens with zero attached hydrogens (tertiary/aromatic N) is 2. The van der Waals surface area contributed by atoms with Crippen LogP contribution in [0.25, 0.3) is 0 Å². The Balaban J connectivity index is 1.72. The summed E-state index contributed by atoms with van der Waals surface area (Å²) < 4.78 is 5.03. The van der Waals surface area contributed by atoms with Crippen LogP contribution in [-0.2, 0) is 9.63 Å². The third-order valence-electron chi connectivity index (χ3n) is 3.24. The monoisotopic (exact) mass is 372 g/mol. The summed E-state index contributed by atoms with van der Waals surface area (Å²) in [6, 6.07) is 11.9. The van der Waals surface area contributed by atoms with Gasteiger partial charge in [-0.3, -0.25) is 30.6 Å². The van der Waals surface area contributed by atoms with Gasteiger partial charge in [0.2, 0.25) is 0 Å². The predicted molar refractivity (Wildman–Crippen MR) is 95.2 cm³/mol. The molecule has 0 fully saturated rings. The Hall–Kier alpha value is -3.95. The second-order valence-corrected chi connectivity index (χ2v) is 5.09. The Bertz CT molecular complexity index is 834. The summed E-state index contributed by atoms with van der Waals surface area (Å²) in [5.74, 6) is -0.548. The van der Waals surface area contributed by atoms with Crippen molar-refractivity contribution >= 4 is 23.7 Å². The number of nitro benzene ring substituents is 1. The molecule has 2 aromatic carbocycles. The first-order chi connectivity index (χ1) is 13.0. The molecule has 0 atom stereocenters. The first kappa shape index (κ1) is 19.4. The average molecular weight is 372 g/mol. The maximum Gasteiger partial charge on any atom is 0.279 e. The second kappa shape index (κ2) is 9.51. The van der Waals surface area contributed by atoms with Crippen molar-refractivity contribution in [3.63, 3.8) is 0 Å². The standard InChI is InChI=1S/C17H16N4O6/c1-26-15-8-2-12(3-9-15)10-18-27-11-16(22)19-20-17(23)13-4-6-14(7-5-13)21(24)25/h2-10H,11H2,1H3,(H,19,22)(H,20,23)/b18-10-. The zero-order valence-electron chi connectivity index (χ0n) is 14.2. The zero-order chi connectivity index (χ0) is 19.6. The summed E-state index contributed by atoms with van der Waals surface area (Å²) in [7, 11) is 1.56. The maximum absolute atomic E-state index is 11.8. The Labute approximate surface area is 153 Å². The van der Waals surface area contributed by atoms with E-state index in [0.717, 1.165) is 5.56 Å². The van der Waals surface area contributed by atoms with Gasteiger partial charge in [-0.2, -0.15) is 0 Å². The number of hydrogen-bond acceptors (Lipinski definition) is 7. The minimum absolute atomic E-state index is 0.140. The number of methoxy groups -OCH3 is 1. The Morgan fingerprint density at radius 2 is 1.78 bits per heavy atom. The van der Waals surface area contributed by atoms with Crippen molar-refractivity contribution in [2.75, 3.05) is 13.7 Å². The largest absolute Gasteiger partial charge is 0.497 e. The molecular formula is C17H16N4O6. The van der Waals surface area contributed by atoms with Crippen LogP contribution in [0.5, 0.6) is 5.75 Å². The van der Waals surface area contributed by atoms with E-state index >= 15 is 0 Å². The number of nitro groups is 1. The van der Waals surface area contributed by atoms with Crippen molar-refractivity contribution in [2.45, 2.75) is 0 Å². The molecule has 140 valence electrons. The van der Waals surface area contributed by atoms with E-state index in [0.29, 0.717) is 5.75 Å². The van der Waals surface area contributed by atoms with Gasteiger partial charge in [-0.1, -0.05) is 5.16 Å². The number of ether oxygens (including phenoxy) is 1. The first-order valence-corrected chi connectivity index (χ1v) is 7.62. The summed E-state index contributed by atoms with van der Waals surface area (Å²) in [4.78, 5) is 38.2. The molecule has 10 nitrogen and oxygen atoms in total. The number of carbonyl (C=O) groups excluding carboxylic acids is 2. The Morgan fingerprint density at radius 1 is 1.11 bits per heavy atom. The van der Waals surface area contributed by atoms with E-state index in [2.05, 4.69) is 16.0 Å². The fourth-order valence-electron chi connectivity index (χ4n) is 1.85. The molecule has 2 amide bonds. The summed E-state index contributed by atoms with van der Waals surface area (Å²) in [6.45, 7) is -0.410. The highest BCUT2D eigenvalue weighted by atomic mass is 16.6. The number of hydrazine groups is 1. The highest BCUT2D eigenvalue weighted by Gasteiger charge is 2.10. The van der Waals surface area contributed by atoms with Crippen molar-refractivity contribution in [3.8, 4) is 5.75 Å². The van der Waals surface area contributed by atoms with Crippen LogP contribution in [0.1, 0.15) is 15.9 Å². The molecule has 0 saturated carbocycles. The summed E-state index contributed by atoms with van der Waals surface area (Å²) >= 11 is 0. The lowest BCUT2D eigenvalue weighted by Gasteiger charge is -2.06. The molecular weight excluding hydrogens is 356 g/mol. The number of hydrogen-bond donors (Lipinski definition) is 2. The molecule has 0 aliphatic rings. The van der Waals surface area contributed by atoms with Gasteiger partial charge < -0.3 is 9.57 Å². The van der Waals surface area contributed by atoms with E-state index < -0.39 is 23.3 Å². The van der Waals surface area contributed by atoms with Crippen LogP contribution >= 0.6 is 0 Å². The lowest BCUT2D eigenvalue weighted by molar-refractivity contribution is -0.384.